The molecular weight excluding hydrogens is 237 g/mol. The molecule has 0 radical (unpaired) electrons. The van der Waals surface area contributed by atoms with E-state index in [0.717, 1.165) is 0 Å². The van der Waals surface area contributed by atoms with Gasteiger partial charge in [0.15, 0.2) is 0 Å². The van der Waals surface area contributed by atoms with E-state index in [2.05, 4.69) is 4.98 Å². The molecule has 15 heavy (non-hydrogen) atoms. The number of halogens is 2. The average Bonchev–Trinajstić information content (AvgIpc) is 2.74. The van der Waals surface area contributed by atoms with Gasteiger partial charge in [-0.05, 0) is 18.2 Å². The molecule has 0 amide bonds. The van der Waals surface area contributed by atoms with Crippen molar-refractivity contribution in [3.63, 3.8) is 0 Å². The van der Waals surface area contributed by atoms with Gasteiger partial charge in [-0.2, -0.15) is 0 Å². The topological polar surface area (TPSA) is 33.1 Å². The predicted octanol–water partition coefficient (Wildman–Crippen LogP) is 3.02. The molecule has 2 rings (SSSR count). The van der Waals surface area contributed by atoms with E-state index in [1.165, 1.54) is 29.5 Å². The van der Waals surface area contributed by atoms with Crippen molar-refractivity contribution in [3.05, 3.63) is 51.2 Å². The Kier molecular flexibility index (Phi) is 3.00. The maximum atomic E-state index is 13.0. The third kappa shape index (κ3) is 2.17. The van der Waals surface area contributed by atoms with Crippen LogP contribution in [0, 0.1) is 5.82 Å². The zero-order valence-electron chi connectivity index (χ0n) is 7.52. The molecule has 1 aromatic carbocycles. The Bertz CT molecular complexity index is 460. The van der Waals surface area contributed by atoms with E-state index >= 15 is 0 Å². The van der Waals surface area contributed by atoms with Gasteiger partial charge >= 0.3 is 0 Å². The highest BCUT2D eigenvalue weighted by atomic mass is 35.5. The summed E-state index contributed by atoms with van der Waals surface area (Å²) in [4.78, 5) is 3.95. The van der Waals surface area contributed by atoms with Gasteiger partial charge in [-0.1, -0.05) is 11.6 Å². The van der Waals surface area contributed by atoms with Crippen LogP contribution < -0.4 is 0 Å². The molecule has 1 N–H and O–H groups in total. The third-order valence-corrected chi connectivity index (χ3v) is 2.93. The second-order valence-corrected chi connectivity index (χ2v) is 4.11. The summed E-state index contributed by atoms with van der Waals surface area (Å²) >= 11 is 7.22. The van der Waals surface area contributed by atoms with Crippen LogP contribution in [-0.2, 0) is 0 Å². The fourth-order valence-corrected chi connectivity index (χ4v) is 2.03. The molecule has 2 aromatic rings. The first-order chi connectivity index (χ1) is 7.18. The molecule has 1 atom stereocenters. The van der Waals surface area contributed by atoms with E-state index < -0.39 is 11.9 Å². The first-order valence-corrected chi connectivity index (χ1v) is 5.51. The standard InChI is InChI=1S/C10H7ClFNOS/c11-8-2-1-6(12)3-7(8)10(14)9-4-15-5-13-9/h1-5,10,14H. The summed E-state index contributed by atoms with van der Waals surface area (Å²) in [6, 6.07) is 3.88. The maximum absolute atomic E-state index is 13.0. The number of rotatable bonds is 2. The van der Waals surface area contributed by atoms with Crippen molar-refractivity contribution >= 4 is 22.9 Å². The van der Waals surface area contributed by atoms with E-state index in [1.807, 2.05) is 0 Å². The lowest BCUT2D eigenvalue weighted by Gasteiger charge is -2.10. The molecule has 0 aliphatic heterocycles. The van der Waals surface area contributed by atoms with Crippen molar-refractivity contribution in [1.82, 2.24) is 4.98 Å². The minimum atomic E-state index is -0.973. The van der Waals surface area contributed by atoms with Gasteiger partial charge in [0.25, 0.3) is 0 Å². The van der Waals surface area contributed by atoms with Crippen LogP contribution in [-0.4, -0.2) is 10.1 Å². The minimum absolute atomic E-state index is 0.330. The average molecular weight is 244 g/mol. The van der Waals surface area contributed by atoms with Gasteiger partial charge in [-0.15, -0.1) is 11.3 Å². The molecule has 1 heterocycles. The Morgan fingerprint density at radius 1 is 1.47 bits per heavy atom. The Balaban J connectivity index is 2.41. The number of aliphatic hydroxyl groups excluding tert-OH is 1. The van der Waals surface area contributed by atoms with Gasteiger partial charge in [0.2, 0.25) is 0 Å². The first kappa shape index (κ1) is 10.5. The number of thiazole rings is 1. The zero-order valence-corrected chi connectivity index (χ0v) is 9.10. The van der Waals surface area contributed by atoms with E-state index in [0.29, 0.717) is 16.3 Å². The van der Waals surface area contributed by atoms with E-state index in [-0.39, 0.29) is 0 Å². The van der Waals surface area contributed by atoms with Crippen molar-refractivity contribution in [3.8, 4) is 0 Å². The molecule has 0 fully saturated rings. The van der Waals surface area contributed by atoms with Crippen LogP contribution >= 0.6 is 22.9 Å². The second-order valence-electron chi connectivity index (χ2n) is 2.98. The molecule has 2 nitrogen and oxygen atoms in total. The van der Waals surface area contributed by atoms with Gasteiger partial charge in [-0.3, -0.25) is 0 Å². The lowest BCUT2D eigenvalue weighted by atomic mass is 10.1. The molecule has 1 aromatic heterocycles. The predicted molar refractivity (Wildman–Crippen MR) is 57.6 cm³/mol. The van der Waals surface area contributed by atoms with Gasteiger partial charge in [-0.25, -0.2) is 9.37 Å². The minimum Gasteiger partial charge on any atom is -0.382 e. The lowest BCUT2D eigenvalue weighted by Crippen LogP contribution is -2.01. The highest BCUT2D eigenvalue weighted by Gasteiger charge is 2.16. The number of hydrogen-bond acceptors (Lipinski definition) is 3. The Morgan fingerprint density at radius 3 is 2.93 bits per heavy atom. The number of hydrogen-bond donors (Lipinski definition) is 1. The van der Waals surface area contributed by atoms with E-state index in [9.17, 15) is 9.50 Å². The van der Waals surface area contributed by atoms with Gasteiger partial charge in [0.05, 0.1) is 11.2 Å². The molecular formula is C10H7ClFNOS. The lowest BCUT2D eigenvalue weighted by molar-refractivity contribution is 0.215. The molecule has 1 unspecified atom stereocenters. The molecule has 0 bridgehead atoms. The van der Waals surface area contributed by atoms with Crippen LogP contribution in [0.2, 0.25) is 5.02 Å². The Labute approximate surface area is 95.0 Å². The highest BCUT2D eigenvalue weighted by molar-refractivity contribution is 7.07. The van der Waals surface area contributed by atoms with Crippen LogP contribution in [0.15, 0.2) is 29.1 Å². The summed E-state index contributed by atoms with van der Waals surface area (Å²) in [6.07, 6.45) is -0.973. The van der Waals surface area contributed by atoms with Gasteiger partial charge in [0, 0.05) is 16.0 Å². The third-order valence-electron chi connectivity index (χ3n) is 1.98. The summed E-state index contributed by atoms with van der Waals surface area (Å²) in [5, 5.41) is 11.9. The zero-order chi connectivity index (χ0) is 10.8. The Morgan fingerprint density at radius 2 is 2.27 bits per heavy atom. The summed E-state index contributed by atoms with van der Waals surface area (Å²) in [5.74, 6) is -0.427. The van der Waals surface area contributed by atoms with Gasteiger partial charge in [0.1, 0.15) is 11.9 Å². The fraction of sp³-hybridized carbons (Fsp3) is 0.100. The van der Waals surface area contributed by atoms with Crippen LogP contribution in [0.1, 0.15) is 17.4 Å². The van der Waals surface area contributed by atoms with Crippen LogP contribution in [0.25, 0.3) is 0 Å². The quantitative estimate of drug-likeness (QED) is 0.880. The largest absolute Gasteiger partial charge is 0.382 e. The molecule has 0 aliphatic carbocycles. The number of aliphatic hydroxyl groups is 1. The summed E-state index contributed by atoms with van der Waals surface area (Å²) < 4.78 is 13.0. The van der Waals surface area contributed by atoms with E-state index in [1.54, 1.807) is 10.9 Å². The van der Waals surface area contributed by atoms with Crippen LogP contribution in [0.3, 0.4) is 0 Å². The van der Waals surface area contributed by atoms with Crippen molar-refractivity contribution in [2.75, 3.05) is 0 Å². The summed E-state index contributed by atoms with van der Waals surface area (Å²) in [6.45, 7) is 0. The smallest absolute Gasteiger partial charge is 0.123 e. The van der Waals surface area contributed by atoms with Crippen LogP contribution in [0.4, 0.5) is 4.39 Å². The van der Waals surface area contributed by atoms with Crippen LogP contribution in [0.5, 0.6) is 0 Å². The van der Waals surface area contributed by atoms with E-state index in [4.69, 9.17) is 11.6 Å². The molecule has 0 spiro atoms. The first-order valence-electron chi connectivity index (χ1n) is 4.19. The maximum Gasteiger partial charge on any atom is 0.123 e. The SMILES string of the molecule is OC(c1cscn1)c1cc(F)ccc1Cl. The molecule has 5 heteroatoms. The summed E-state index contributed by atoms with van der Waals surface area (Å²) in [5.41, 5.74) is 2.42. The highest BCUT2D eigenvalue weighted by Crippen LogP contribution is 2.28. The number of nitrogens with zero attached hydrogens (tertiary/aromatic N) is 1. The van der Waals surface area contributed by atoms with Crippen molar-refractivity contribution in [2.24, 2.45) is 0 Å². The monoisotopic (exact) mass is 243 g/mol. The molecule has 0 aliphatic rings. The second kappa shape index (κ2) is 4.26. The number of benzene rings is 1. The molecule has 0 saturated carbocycles. The van der Waals surface area contributed by atoms with Crippen molar-refractivity contribution < 1.29 is 9.50 Å². The van der Waals surface area contributed by atoms with Crippen molar-refractivity contribution in [1.29, 1.82) is 0 Å². The Hall–Kier alpha value is -0.970. The normalized spacial score (nSPS) is 12.7. The molecule has 0 saturated heterocycles. The summed E-state index contributed by atoms with van der Waals surface area (Å²) in [7, 11) is 0. The molecule has 78 valence electrons. The fourth-order valence-electron chi connectivity index (χ4n) is 1.24. The van der Waals surface area contributed by atoms with Crippen molar-refractivity contribution in [2.45, 2.75) is 6.10 Å². The van der Waals surface area contributed by atoms with Gasteiger partial charge < -0.3 is 5.11 Å². The number of aromatic nitrogens is 1.